The Balaban J connectivity index is 2.42. The fraction of sp³-hybridized carbons (Fsp3) is 0. The fourth-order valence-corrected chi connectivity index (χ4v) is 1.13. The van der Waals surface area contributed by atoms with E-state index in [1.807, 2.05) is 50.6 Å². The van der Waals surface area contributed by atoms with Crippen molar-refractivity contribution >= 4 is 13.3 Å². The molecule has 0 radical (unpaired) electrons. The van der Waals surface area contributed by atoms with Crippen LogP contribution in [0.15, 0.2) is 42.7 Å². The van der Waals surface area contributed by atoms with Gasteiger partial charge in [0, 0.05) is 18.0 Å². The Hall–Kier alpha value is -1.64. The number of nitrogens with zero attached hydrogens (tertiary/aromatic N) is 2. The molecule has 2 rings (SSSR count). The van der Waals surface area contributed by atoms with E-state index in [1.165, 1.54) is 0 Å². The van der Waals surface area contributed by atoms with Crippen molar-refractivity contribution in [2.45, 2.75) is 0 Å². The zero-order valence-electron chi connectivity index (χ0n) is 7.44. The third kappa shape index (κ3) is 1.75. The van der Waals surface area contributed by atoms with Gasteiger partial charge in [-0.25, -0.2) is 9.97 Å². The summed E-state index contributed by atoms with van der Waals surface area (Å²) in [5.74, 6) is 0.784. The van der Waals surface area contributed by atoms with E-state index in [9.17, 15) is 0 Å². The van der Waals surface area contributed by atoms with Gasteiger partial charge >= 0.3 is 0 Å². The molecule has 0 fully saturated rings. The van der Waals surface area contributed by atoms with Crippen molar-refractivity contribution in [3.05, 3.63) is 42.7 Å². The molecule has 0 atom stereocenters. The van der Waals surface area contributed by atoms with Gasteiger partial charge in [0.2, 0.25) is 0 Å². The van der Waals surface area contributed by atoms with Gasteiger partial charge in [0.25, 0.3) is 0 Å². The maximum absolute atomic E-state index is 4.24. The second-order valence-electron chi connectivity index (χ2n) is 2.95. The number of hydrogen-bond acceptors (Lipinski definition) is 2. The van der Waals surface area contributed by atoms with Gasteiger partial charge in [-0.05, 0) is 0 Å². The quantitative estimate of drug-likeness (QED) is 0.576. The van der Waals surface area contributed by atoms with Crippen LogP contribution in [0.2, 0.25) is 0 Å². The first kappa shape index (κ1) is 7.99. The largest absolute Gasteiger partial charge is 0.237 e. The zero-order chi connectivity index (χ0) is 9.10. The van der Waals surface area contributed by atoms with E-state index in [0.717, 1.165) is 16.9 Å². The fourth-order valence-electron chi connectivity index (χ4n) is 1.13. The Morgan fingerprint density at radius 1 is 0.923 bits per heavy atom. The molecule has 2 aromatic rings. The molecule has 1 heterocycles. The smallest absolute Gasteiger partial charge is 0.159 e. The normalized spacial score (nSPS) is 9.85. The number of benzene rings is 1. The number of rotatable bonds is 1. The molecule has 3 heteroatoms. The first-order valence-corrected chi connectivity index (χ1v) is 4.20. The molecule has 1 aromatic carbocycles. The van der Waals surface area contributed by atoms with Crippen molar-refractivity contribution in [2.24, 2.45) is 0 Å². The number of aromatic nitrogens is 2. The molecule has 0 spiro atoms. The topological polar surface area (TPSA) is 25.8 Å². The van der Waals surface area contributed by atoms with Crippen LogP contribution < -0.4 is 5.46 Å². The summed E-state index contributed by atoms with van der Waals surface area (Å²) in [4.78, 5) is 8.47. The summed E-state index contributed by atoms with van der Waals surface area (Å²) in [5, 5.41) is 0. The van der Waals surface area contributed by atoms with Crippen LogP contribution in [-0.2, 0) is 0 Å². The van der Waals surface area contributed by atoms with Gasteiger partial charge in [0.15, 0.2) is 5.82 Å². The third-order valence-corrected chi connectivity index (χ3v) is 1.81. The highest BCUT2D eigenvalue weighted by molar-refractivity contribution is 6.31. The summed E-state index contributed by atoms with van der Waals surface area (Å²) in [6, 6.07) is 9.96. The van der Waals surface area contributed by atoms with Gasteiger partial charge < -0.3 is 0 Å². The maximum atomic E-state index is 4.24. The van der Waals surface area contributed by atoms with Gasteiger partial charge in [0.05, 0.1) is 0 Å². The lowest BCUT2D eigenvalue weighted by Crippen LogP contribution is -2.04. The summed E-state index contributed by atoms with van der Waals surface area (Å²) < 4.78 is 0. The molecule has 1 aromatic heterocycles. The van der Waals surface area contributed by atoms with Crippen molar-refractivity contribution < 1.29 is 0 Å². The summed E-state index contributed by atoms with van der Waals surface area (Å²) in [6.07, 6.45) is 3.66. The lowest BCUT2D eigenvalue weighted by molar-refractivity contribution is 1.19. The molecule has 0 aliphatic heterocycles. The summed E-state index contributed by atoms with van der Waals surface area (Å²) in [5.41, 5.74) is 2.14. The Morgan fingerprint density at radius 2 is 1.54 bits per heavy atom. The summed E-state index contributed by atoms with van der Waals surface area (Å²) in [7, 11) is 1.98. The van der Waals surface area contributed by atoms with Gasteiger partial charge in [-0.1, -0.05) is 35.8 Å². The lowest BCUT2D eigenvalue weighted by atomic mass is 10.0. The molecule has 0 aliphatic rings. The molecule has 0 amide bonds. The molecule has 0 saturated heterocycles. The van der Waals surface area contributed by atoms with E-state index >= 15 is 0 Å². The molecular weight excluding hydrogens is 159 g/mol. The van der Waals surface area contributed by atoms with Crippen LogP contribution in [-0.4, -0.2) is 17.8 Å². The Labute approximate surface area is 78.1 Å². The highest BCUT2D eigenvalue weighted by Gasteiger charge is 1.97. The van der Waals surface area contributed by atoms with Gasteiger partial charge in [-0.15, -0.1) is 0 Å². The van der Waals surface area contributed by atoms with Crippen molar-refractivity contribution in [1.29, 1.82) is 0 Å². The molecule has 13 heavy (non-hydrogen) atoms. The number of hydrogen-bond donors (Lipinski definition) is 0. The molecule has 0 N–H and O–H groups in total. The molecular formula is C10H9BN2. The van der Waals surface area contributed by atoms with E-state index in [-0.39, 0.29) is 0 Å². The predicted molar refractivity (Wildman–Crippen MR) is 55.6 cm³/mol. The van der Waals surface area contributed by atoms with Gasteiger partial charge in [-0.3, -0.25) is 0 Å². The molecule has 0 aliphatic carbocycles. The minimum atomic E-state index is 0.784. The molecule has 0 unspecified atom stereocenters. The standard InChI is InChI=1S/C10H9BN2/c11-9-6-12-10(13-7-9)8-4-2-1-3-5-8/h1-7H,11H2. The van der Waals surface area contributed by atoms with E-state index in [4.69, 9.17) is 0 Å². The Kier molecular flexibility index (Phi) is 2.09. The van der Waals surface area contributed by atoms with Crippen LogP contribution in [0.5, 0.6) is 0 Å². The Morgan fingerprint density at radius 3 is 2.15 bits per heavy atom. The SMILES string of the molecule is Bc1cnc(-c2ccccc2)nc1. The predicted octanol–water partition coefficient (Wildman–Crippen LogP) is 0.402. The average molecular weight is 168 g/mol. The van der Waals surface area contributed by atoms with Crippen LogP contribution in [0.4, 0.5) is 0 Å². The first-order chi connectivity index (χ1) is 6.36. The molecule has 2 nitrogen and oxygen atoms in total. The van der Waals surface area contributed by atoms with Crippen LogP contribution in [0.3, 0.4) is 0 Å². The second kappa shape index (κ2) is 3.39. The first-order valence-electron chi connectivity index (χ1n) is 4.20. The van der Waals surface area contributed by atoms with E-state index in [0.29, 0.717) is 0 Å². The summed E-state index contributed by atoms with van der Waals surface area (Å²) >= 11 is 0. The van der Waals surface area contributed by atoms with Crippen LogP contribution >= 0.6 is 0 Å². The minimum absolute atomic E-state index is 0.784. The van der Waals surface area contributed by atoms with E-state index < -0.39 is 0 Å². The van der Waals surface area contributed by atoms with E-state index in [1.54, 1.807) is 0 Å². The highest BCUT2D eigenvalue weighted by atomic mass is 14.9. The van der Waals surface area contributed by atoms with Crippen LogP contribution in [0.1, 0.15) is 0 Å². The van der Waals surface area contributed by atoms with Crippen LogP contribution in [0, 0.1) is 0 Å². The second-order valence-corrected chi connectivity index (χ2v) is 2.95. The van der Waals surface area contributed by atoms with Gasteiger partial charge in [-0.2, -0.15) is 0 Å². The molecule has 0 bridgehead atoms. The van der Waals surface area contributed by atoms with Crippen LogP contribution in [0.25, 0.3) is 11.4 Å². The zero-order valence-corrected chi connectivity index (χ0v) is 7.44. The Bertz CT molecular complexity index is 383. The third-order valence-electron chi connectivity index (χ3n) is 1.81. The van der Waals surface area contributed by atoms with Gasteiger partial charge in [0.1, 0.15) is 7.85 Å². The average Bonchev–Trinajstić information content (AvgIpc) is 2.20. The van der Waals surface area contributed by atoms with Crippen molar-refractivity contribution in [3.8, 4) is 11.4 Å². The summed E-state index contributed by atoms with van der Waals surface area (Å²) in [6.45, 7) is 0. The highest BCUT2D eigenvalue weighted by Crippen LogP contribution is 2.10. The lowest BCUT2D eigenvalue weighted by Gasteiger charge is -1.98. The van der Waals surface area contributed by atoms with E-state index in [2.05, 4.69) is 9.97 Å². The van der Waals surface area contributed by atoms with Crippen molar-refractivity contribution in [2.75, 3.05) is 0 Å². The van der Waals surface area contributed by atoms with Crippen molar-refractivity contribution in [3.63, 3.8) is 0 Å². The molecule has 0 saturated carbocycles. The minimum Gasteiger partial charge on any atom is -0.237 e. The monoisotopic (exact) mass is 168 g/mol. The molecule has 62 valence electrons. The maximum Gasteiger partial charge on any atom is 0.159 e. The van der Waals surface area contributed by atoms with Crippen molar-refractivity contribution in [1.82, 2.24) is 9.97 Å².